The van der Waals surface area contributed by atoms with Crippen LogP contribution in [0.15, 0.2) is 53.6 Å². The number of fused-ring (bicyclic) bond motifs is 1. The molecule has 3 aromatic rings. The van der Waals surface area contributed by atoms with Crippen molar-refractivity contribution in [1.82, 2.24) is 3.97 Å². The summed E-state index contributed by atoms with van der Waals surface area (Å²) in [5.74, 6) is 0.571. The van der Waals surface area contributed by atoms with Gasteiger partial charge in [0.15, 0.2) is 0 Å². The number of aromatic nitrogens is 1. The molecular formula is C22H26BNO5S. The highest BCUT2D eigenvalue weighted by molar-refractivity contribution is 7.90. The summed E-state index contributed by atoms with van der Waals surface area (Å²) in [6.45, 7) is 9.80. The van der Waals surface area contributed by atoms with Crippen molar-refractivity contribution in [1.29, 1.82) is 0 Å². The smallest absolute Gasteiger partial charge is 0.497 e. The van der Waals surface area contributed by atoms with Gasteiger partial charge >= 0.3 is 7.12 Å². The first kappa shape index (κ1) is 21.0. The molecule has 4 rings (SSSR count). The lowest BCUT2D eigenvalue weighted by atomic mass is 9.79. The molecule has 6 nitrogen and oxygen atoms in total. The number of ether oxygens (including phenoxy) is 1. The van der Waals surface area contributed by atoms with E-state index in [4.69, 9.17) is 14.0 Å². The zero-order valence-electron chi connectivity index (χ0n) is 18.1. The normalized spacial score (nSPS) is 18.1. The molecule has 30 heavy (non-hydrogen) atoms. The van der Waals surface area contributed by atoms with Crippen molar-refractivity contribution >= 4 is 33.5 Å². The van der Waals surface area contributed by atoms with Crippen LogP contribution < -0.4 is 10.2 Å². The van der Waals surface area contributed by atoms with E-state index in [1.165, 1.54) is 3.97 Å². The fraction of sp³-hybridized carbons (Fsp3) is 0.364. The molecule has 1 saturated heterocycles. The molecule has 0 bridgehead atoms. The largest absolute Gasteiger partial charge is 0.497 e. The monoisotopic (exact) mass is 427 g/mol. The van der Waals surface area contributed by atoms with Crippen LogP contribution in [-0.2, 0) is 19.3 Å². The van der Waals surface area contributed by atoms with Gasteiger partial charge in [-0.1, -0.05) is 17.7 Å². The van der Waals surface area contributed by atoms with Crippen molar-refractivity contribution in [2.75, 3.05) is 7.11 Å². The Morgan fingerprint density at radius 3 is 2.13 bits per heavy atom. The second-order valence-electron chi connectivity index (χ2n) is 8.67. The molecule has 2 heterocycles. The lowest BCUT2D eigenvalue weighted by Gasteiger charge is -2.32. The molecule has 1 fully saturated rings. The highest BCUT2D eigenvalue weighted by Crippen LogP contribution is 2.37. The summed E-state index contributed by atoms with van der Waals surface area (Å²) in [7, 11) is -2.95. The Bertz CT molecular complexity index is 1200. The van der Waals surface area contributed by atoms with Crippen LogP contribution in [0.3, 0.4) is 0 Å². The number of hydrogen-bond acceptors (Lipinski definition) is 5. The molecule has 8 heteroatoms. The average molecular weight is 427 g/mol. The standard InChI is InChI=1S/C22H26BNO5S/c1-15-7-10-17(11-8-15)30(25,26)24-14-19(18-12-9-16(27-6)13-20(18)24)23-28-21(2,3)22(4,5)29-23/h7-14H,1-6H3. The predicted octanol–water partition coefficient (Wildman–Crippen LogP) is 3.49. The fourth-order valence-corrected chi connectivity index (χ4v) is 4.88. The van der Waals surface area contributed by atoms with Gasteiger partial charge in [0.2, 0.25) is 0 Å². The van der Waals surface area contributed by atoms with E-state index in [2.05, 4.69) is 0 Å². The van der Waals surface area contributed by atoms with Crippen LogP contribution in [0.5, 0.6) is 5.75 Å². The number of methoxy groups -OCH3 is 1. The van der Waals surface area contributed by atoms with Gasteiger partial charge < -0.3 is 14.0 Å². The van der Waals surface area contributed by atoms with Gasteiger partial charge in [-0.15, -0.1) is 0 Å². The van der Waals surface area contributed by atoms with E-state index < -0.39 is 28.3 Å². The van der Waals surface area contributed by atoms with Crippen LogP contribution in [0, 0.1) is 6.92 Å². The maximum Gasteiger partial charge on any atom is 0.497 e. The van der Waals surface area contributed by atoms with Crippen LogP contribution in [0.2, 0.25) is 0 Å². The van der Waals surface area contributed by atoms with E-state index in [1.54, 1.807) is 49.7 Å². The molecule has 1 aromatic heterocycles. The molecule has 158 valence electrons. The van der Waals surface area contributed by atoms with Crippen molar-refractivity contribution in [2.24, 2.45) is 0 Å². The van der Waals surface area contributed by atoms with Crippen molar-refractivity contribution in [3.63, 3.8) is 0 Å². The number of aryl methyl sites for hydroxylation is 1. The lowest BCUT2D eigenvalue weighted by molar-refractivity contribution is 0.00578. The van der Waals surface area contributed by atoms with E-state index in [0.717, 1.165) is 10.9 Å². The second-order valence-corrected chi connectivity index (χ2v) is 10.5. The van der Waals surface area contributed by atoms with Crippen molar-refractivity contribution in [2.45, 2.75) is 50.7 Å². The molecule has 0 spiro atoms. The predicted molar refractivity (Wildman–Crippen MR) is 118 cm³/mol. The molecule has 2 aromatic carbocycles. The van der Waals surface area contributed by atoms with Crippen LogP contribution in [0.4, 0.5) is 0 Å². The summed E-state index contributed by atoms with van der Waals surface area (Å²) in [5.41, 5.74) is 1.11. The number of rotatable bonds is 4. The van der Waals surface area contributed by atoms with Crippen LogP contribution >= 0.6 is 0 Å². The van der Waals surface area contributed by atoms with Crippen molar-refractivity contribution < 1.29 is 22.5 Å². The second kappa shape index (κ2) is 6.87. The van der Waals surface area contributed by atoms with Crippen LogP contribution in [-0.4, -0.2) is 37.8 Å². The molecule has 0 aliphatic carbocycles. The quantitative estimate of drug-likeness (QED) is 0.597. The maximum absolute atomic E-state index is 13.5. The molecule has 0 radical (unpaired) electrons. The third-order valence-electron chi connectivity index (χ3n) is 6.09. The van der Waals surface area contributed by atoms with E-state index in [1.807, 2.05) is 40.7 Å². The number of benzene rings is 2. The van der Waals surface area contributed by atoms with Gasteiger partial charge in [0.05, 0.1) is 28.7 Å². The first-order chi connectivity index (χ1) is 14.0. The first-order valence-electron chi connectivity index (χ1n) is 9.83. The van der Waals surface area contributed by atoms with Gasteiger partial charge in [0.1, 0.15) is 5.75 Å². The minimum Gasteiger partial charge on any atom is -0.497 e. The van der Waals surface area contributed by atoms with Gasteiger partial charge in [-0.3, -0.25) is 0 Å². The minimum atomic E-state index is -3.82. The minimum absolute atomic E-state index is 0.216. The van der Waals surface area contributed by atoms with Gasteiger partial charge in [-0.25, -0.2) is 12.4 Å². The van der Waals surface area contributed by atoms with Crippen LogP contribution in [0.1, 0.15) is 33.3 Å². The van der Waals surface area contributed by atoms with E-state index in [0.29, 0.717) is 16.7 Å². The fourth-order valence-electron chi connectivity index (χ4n) is 3.51. The molecule has 1 aliphatic heterocycles. The van der Waals surface area contributed by atoms with Crippen molar-refractivity contribution in [3.05, 3.63) is 54.2 Å². The highest BCUT2D eigenvalue weighted by Gasteiger charge is 2.52. The molecule has 0 amide bonds. The molecule has 0 saturated carbocycles. The molecule has 0 atom stereocenters. The summed E-state index contributed by atoms with van der Waals surface area (Å²) in [5, 5.41) is 0.741. The molecule has 0 N–H and O–H groups in total. The Labute approximate surface area is 177 Å². The third kappa shape index (κ3) is 3.23. The topological polar surface area (TPSA) is 66.8 Å². The van der Waals surface area contributed by atoms with E-state index in [-0.39, 0.29) is 4.90 Å². The maximum atomic E-state index is 13.5. The summed E-state index contributed by atoms with van der Waals surface area (Å²) in [4.78, 5) is 0.216. The van der Waals surface area contributed by atoms with Crippen molar-refractivity contribution in [3.8, 4) is 5.75 Å². The van der Waals surface area contributed by atoms with Gasteiger partial charge in [-0.2, -0.15) is 0 Å². The molecule has 1 aliphatic rings. The Hall–Kier alpha value is -2.29. The third-order valence-corrected chi connectivity index (χ3v) is 7.78. The Balaban J connectivity index is 1.92. The Morgan fingerprint density at radius 2 is 1.57 bits per heavy atom. The van der Waals surface area contributed by atoms with Crippen LogP contribution in [0.25, 0.3) is 10.9 Å². The van der Waals surface area contributed by atoms with Gasteiger partial charge in [0, 0.05) is 23.1 Å². The highest BCUT2D eigenvalue weighted by atomic mass is 32.2. The summed E-state index contributed by atoms with van der Waals surface area (Å²) < 4.78 is 46.0. The Morgan fingerprint density at radius 1 is 0.967 bits per heavy atom. The zero-order chi connectivity index (χ0) is 21.9. The Kier molecular flexibility index (Phi) is 4.80. The van der Waals surface area contributed by atoms with E-state index >= 15 is 0 Å². The first-order valence-corrected chi connectivity index (χ1v) is 11.3. The van der Waals surface area contributed by atoms with Gasteiger partial charge in [0.25, 0.3) is 10.0 Å². The number of nitrogens with zero attached hydrogens (tertiary/aromatic N) is 1. The summed E-state index contributed by atoms with van der Waals surface area (Å²) >= 11 is 0. The molecule has 0 unspecified atom stereocenters. The average Bonchev–Trinajstić information content (AvgIpc) is 3.16. The zero-order valence-corrected chi connectivity index (χ0v) is 18.9. The SMILES string of the molecule is COc1ccc2c(B3OC(C)(C)C(C)(C)O3)cn(S(=O)(=O)c3ccc(C)cc3)c2c1. The summed E-state index contributed by atoms with van der Waals surface area (Å²) in [6, 6.07) is 12.2. The van der Waals surface area contributed by atoms with E-state index in [9.17, 15) is 8.42 Å². The lowest BCUT2D eigenvalue weighted by Crippen LogP contribution is -2.41. The van der Waals surface area contributed by atoms with Gasteiger partial charge in [-0.05, 0) is 58.9 Å². The summed E-state index contributed by atoms with van der Waals surface area (Å²) in [6.07, 6.45) is 1.60. The number of hydrogen-bond donors (Lipinski definition) is 0. The molecular weight excluding hydrogens is 401 g/mol.